The normalized spacial score (nSPS) is 6.00. The van der Waals surface area contributed by atoms with E-state index in [0.29, 0.717) is 13.1 Å². The van der Waals surface area contributed by atoms with Crippen molar-refractivity contribution >= 4 is 103 Å². The number of nitrogens with one attached hydrogen (secondary N) is 2. The van der Waals surface area contributed by atoms with Gasteiger partial charge < -0.3 is 22.1 Å². The van der Waals surface area contributed by atoms with Crippen LogP contribution in [0.2, 0.25) is 0 Å². The van der Waals surface area contributed by atoms with Gasteiger partial charge in [-0.2, -0.15) is 0 Å². The van der Waals surface area contributed by atoms with Gasteiger partial charge >= 0.3 is 0 Å². The predicted octanol–water partition coefficient (Wildman–Crippen LogP) is 0.964. The summed E-state index contributed by atoms with van der Waals surface area (Å²) in [6, 6.07) is 0. The third kappa shape index (κ3) is 29.2. The minimum Gasteiger partial charge on any atom is -0.376 e. The number of nitrogens with two attached hydrogens (primary N) is 2. The number of hydrogen-bond acceptors (Lipinski definition) is 2. The minimum absolute atomic E-state index is 0. The van der Waals surface area contributed by atoms with Crippen molar-refractivity contribution in [3.8, 4) is 0 Å². The molecule has 0 amide bonds. The van der Waals surface area contributed by atoms with Crippen molar-refractivity contribution < 1.29 is 0 Å². The van der Waals surface area contributed by atoms with E-state index < -0.39 is 0 Å². The Balaban J connectivity index is -0.0000000675. The number of halogens is 4. The van der Waals surface area contributed by atoms with Crippen LogP contribution < -0.4 is 22.1 Å². The van der Waals surface area contributed by atoms with Crippen LogP contribution in [0.3, 0.4) is 0 Å². The van der Waals surface area contributed by atoms with Crippen molar-refractivity contribution in [2.75, 3.05) is 13.1 Å². The molecule has 0 aliphatic rings. The zero-order valence-electron chi connectivity index (χ0n) is 7.02. The maximum atomic E-state index is 5.14. The second-order valence-electron chi connectivity index (χ2n) is 1.58. The second kappa shape index (κ2) is 19.8. The zero-order chi connectivity index (χ0) is 7.98. The van der Waals surface area contributed by atoms with E-state index in [9.17, 15) is 0 Å². The van der Waals surface area contributed by atoms with Crippen LogP contribution in [0.5, 0.6) is 0 Å². The summed E-state index contributed by atoms with van der Waals surface area (Å²) in [5.41, 5.74) is 10.3. The Morgan fingerprint density at radius 3 is 1.14 bits per heavy atom. The SMILES string of the molecule is Br.Br.Br.Br.NC(=S)NCCNC(N)=S. The molecule has 90 valence electrons. The van der Waals surface area contributed by atoms with Crippen LogP contribution in [-0.4, -0.2) is 23.3 Å². The molecule has 0 aromatic rings. The molecule has 0 aliphatic heterocycles. The fourth-order valence-electron chi connectivity index (χ4n) is 0.371. The fraction of sp³-hybridized carbons (Fsp3) is 0.500. The first-order chi connectivity index (χ1) is 4.63. The first-order valence-electron chi connectivity index (χ1n) is 2.69. The van der Waals surface area contributed by atoms with Crippen LogP contribution in [0, 0.1) is 0 Å². The Morgan fingerprint density at radius 2 is 1.00 bits per heavy atom. The van der Waals surface area contributed by atoms with E-state index in [2.05, 4.69) is 35.1 Å². The van der Waals surface area contributed by atoms with Gasteiger partial charge in [-0.3, -0.25) is 0 Å². The van der Waals surface area contributed by atoms with E-state index in [-0.39, 0.29) is 78.2 Å². The van der Waals surface area contributed by atoms with Crippen LogP contribution in [0.25, 0.3) is 0 Å². The number of rotatable bonds is 3. The summed E-state index contributed by atoms with van der Waals surface area (Å²) in [5.74, 6) is 0. The van der Waals surface area contributed by atoms with Gasteiger partial charge in [-0.05, 0) is 24.4 Å². The van der Waals surface area contributed by atoms with Gasteiger partial charge in [0.05, 0.1) is 0 Å². The van der Waals surface area contributed by atoms with E-state index in [4.69, 9.17) is 11.5 Å². The molecule has 0 heterocycles. The first-order valence-corrected chi connectivity index (χ1v) is 3.51. The lowest BCUT2D eigenvalue weighted by Crippen LogP contribution is -2.38. The van der Waals surface area contributed by atoms with E-state index in [1.807, 2.05) is 0 Å². The number of thiocarbonyl (C=S) groups is 2. The minimum atomic E-state index is 0. The van der Waals surface area contributed by atoms with Crippen LogP contribution in [0.4, 0.5) is 0 Å². The molecule has 0 aromatic heterocycles. The molecular formula is C4H14Br4N4S2. The first kappa shape index (κ1) is 29.5. The summed E-state index contributed by atoms with van der Waals surface area (Å²) in [7, 11) is 0. The van der Waals surface area contributed by atoms with Crippen LogP contribution in [0.15, 0.2) is 0 Å². The molecule has 4 nitrogen and oxygen atoms in total. The predicted molar refractivity (Wildman–Crippen MR) is 90.9 cm³/mol. The average molecular weight is 502 g/mol. The Kier molecular flexibility index (Phi) is 41.7. The monoisotopic (exact) mass is 498 g/mol. The van der Waals surface area contributed by atoms with Crippen molar-refractivity contribution in [3.05, 3.63) is 0 Å². The van der Waals surface area contributed by atoms with Gasteiger partial charge in [-0.25, -0.2) is 0 Å². The highest BCUT2D eigenvalue weighted by molar-refractivity contribution is 8.93. The summed E-state index contributed by atoms with van der Waals surface area (Å²) >= 11 is 9.10. The third-order valence-electron chi connectivity index (χ3n) is 0.723. The lowest BCUT2D eigenvalue weighted by molar-refractivity contribution is 0.816. The summed E-state index contributed by atoms with van der Waals surface area (Å²) in [4.78, 5) is 0. The molecule has 0 spiro atoms. The molecule has 6 N–H and O–H groups in total. The third-order valence-corrected chi connectivity index (χ3v) is 1.01. The largest absolute Gasteiger partial charge is 0.376 e. The van der Waals surface area contributed by atoms with Gasteiger partial charge in [0.2, 0.25) is 0 Å². The van der Waals surface area contributed by atoms with Gasteiger partial charge in [0, 0.05) is 13.1 Å². The topological polar surface area (TPSA) is 76.1 Å². The van der Waals surface area contributed by atoms with Crippen molar-refractivity contribution in [1.82, 2.24) is 10.6 Å². The molecule has 0 saturated heterocycles. The van der Waals surface area contributed by atoms with Gasteiger partial charge in [0.1, 0.15) is 0 Å². The fourth-order valence-corrected chi connectivity index (χ4v) is 0.576. The molecule has 0 aliphatic carbocycles. The van der Waals surface area contributed by atoms with E-state index in [0.717, 1.165) is 0 Å². The Hall–Kier alpha value is 1.30. The number of hydrogen-bond donors (Lipinski definition) is 4. The Bertz CT molecular complexity index is 131. The van der Waals surface area contributed by atoms with E-state index in [1.54, 1.807) is 0 Å². The Labute approximate surface area is 136 Å². The second-order valence-corrected chi connectivity index (χ2v) is 2.46. The molecule has 0 saturated carbocycles. The molecule has 14 heavy (non-hydrogen) atoms. The highest BCUT2D eigenvalue weighted by Crippen LogP contribution is 1.60. The van der Waals surface area contributed by atoms with Crippen molar-refractivity contribution in [1.29, 1.82) is 0 Å². The molecule has 0 rings (SSSR count). The van der Waals surface area contributed by atoms with Crippen molar-refractivity contribution in [3.63, 3.8) is 0 Å². The quantitative estimate of drug-likeness (QED) is 0.341. The van der Waals surface area contributed by atoms with Crippen molar-refractivity contribution in [2.24, 2.45) is 11.5 Å². The lowest BCUT2D eigenvalue weighted by atomic mass is 10.6. The highest BCUT2D eigenvalue weighted by atomic mass is 79.9. The van der Waals surface area contributed by atoms with E-state index in [1.165, 1.54) is 0 Å². The standard InChI is InChI=1S/C4H10N4S2.4BrH/c5-3(9)7-1-2-8-4(6)10;;;;/h1-2H2,(H3,5,7,9)(H3,6,8,10);4*1H. The van der Waals surface area contributed by atoms with Crippen molar-refractivity contribution in [2.45, 2.75) is 0 Å². The maximum Gasteiger partial charge on any atom is 0.163 e. The molecule has 0 aromatic carbocycles. The summed E-state index contributed by atoms with van der Waals surface area (Å²) in [6.45, 7) is 1.26. The Morgan fingerprint density at radius 1 is 0.786 bits per heavy atom. The molecule has 0 bridgehead atoms. The maximum absolute atomic E-state index is 5.14. The van der Waals surface area contributed by atoms with Crippen LogP contribution in [0.1, 0.15) is 0 Å². The van der Waals surface area contributed by atoms with Gasteiger partial charge in [0.15, 0.2) is 10.2 Å². The van der Waals surface area contributed by atoms with Crippen LogP contribution >= 0.6 is 92.4 Å². The molecule has 0 radical (unpaired) electrons. The van der Waals surface area contributed by atoms with Gasteiger partial charge in [-0.1, -0.05) is 0 Å². The van der Waals surface area contributed by atoms with Gasteiger partial charge in [0.25, 0.3) is 0 Å². The lowest BCUT2D eigenvalue weighted by Gasteiger charge is -2.04. The molecule has 0 atom stereocenters. The van der Waals surface area contributed by atoms with E-state index >= 15 is 0 Å². The summed E-state index contributed by atoms with van der Waals surface area (Å²) < 4.78 is 0. The molecular weight excluding hydrogens is 488 g/mol. The summed E-state index contributed by atoms with van der Waals surface area (Å²) in [6.07, 6.45) is 0. The highest BCUT2D eigenvalue weighted by Gasteiger charge is 1.87. The smallest absolute Gasteiger partial charge is 0.163 e. The molecule has 0 fully saturated rings. The summed E-state index contributed by atoms with van der Waals surface area (Å²) in [5, 5.41) is 6.03. The molecule has 0 unspecified atom stereocenters. The average Bonchev–Trinajstić information content (AvgIpc) is 1.79. The van der Waals surface area contributed by atoms with Gasteiger partial charge in [-0.15, -0.1) is 67.9 Å². The zero-order valence-corrected chi connectivity index (χ0v) is 15.5. The van der Waals surface area contributed by atoms with Crippen LogP contribution in [-0.2, 0) is 0 Å². The molecule has 10 heteroatoms.